The molecule has 8 nitrogen and oxygen atoms in total. The van der Waals surface area contributed by atoms with Gasteiger partial charge in [0.05, 0.1) is 12.1 Å². The van der Waals surface area contributed by atoms with Crippen LogP contribution in [0.15, 0.2) is 15.8 Å². The number of likely N-dealkylation sites (N-methyl/N-ethyl adjacent to an activating group) is 1. The van der Waals surface area contributed by atoms with E-state index >= 15 is 0 Å². The van der Waals surface area contributed by atoms with Crippen molar-refractivity contribution in [1.82, 2.24) is 24.6 Å². The van der Waals surface area contributed by atoms with Crippen molar-refractivity contribution < 1.29 is 4.79 Å². The maximum Gasteiger partial charge on any atom is 0.328 e. The highest BCUT2D eigenvalue weighted by Crippen LogP contribution is 2.12. The van der Waals surface area contributed by atoms with Crippen LogP contribution in [0.5, 0.6) is 0 Å². The maximum atomic E-state index is 12.3. The molecule has 0 aliphatic rings. The second kappa shape index (κ2) is 7.29. The summed E-state index contributed by atoms with van der Waals surface area (Å²) in [4.78, 5) is 39.6. The number of carbonyl (C=O) groups excluding carboxylic acids is 1. The van der Waals surface area contributed by atoms with Crippen LogP contribution in [-0.2, 0) is 24.7 Å². The van der Waals surface area contributed by atoms with Crippen molar-refractivity contribution in [2.75, 3.05) is 13.6 Å². The van der Waals surface area contributed by atoms with E-state index in [2.05, 4.69) is 15.2 Å². The molecule has 130 valence electrons. The number of nitrogens with zero attached hydrogens (tertiary/aromatic N) is 3. The molecular weight excluding hydrogens is 310 g/mol. The fourth-order valence-electron chi connectivity index (χ4n) is 2.60. The Labute approximate surface area is 139 Å². The van der Waals surface area contributed by atoms with Crippen LogP contribution in [0.4, 0.5) is 0 Å². The van der Waals surface area contributed by atoms with E-state index in [0.29, 0.717) is 6.54 Å². The quantitative estimate of drug-likeness (QED) is 0.779. The summed E-state index contributed by atoms with van der Waals surface area (Å²) in [5.74, 6) is -0.153. The minimum absolute atomic E-state index is 0.0241. The van der Waals surface area contributed by atoms with Gasteiger partial charge < -0.3 is 9.88 Å². The second-order valence-electron chi connectivity index (χ2n) is 5.99. The summed E-state index contributed by atoms with van der Waals surface area (Å²) in [6.45, 7) is 4.53. The monoisotopic (exact) mass is 333 g/mol. The Morgan fingerprint density at radius 2 is 2.04 bits per heavy atom. The van der Waals surface area contributed by atoms with Crippen molar-refractivity contribution in [1.29, 1.82) is 0 Å². The van der Waals surface area contributed by atoms with E-state index in [4.69, 9.17) is 0 Å². The Kier molecular flexibility index (Phi) is 5.38. The lowest BCUT2D eigenvalue weighted by molar-refractivity contribution is -0.129. The molecule has 2 rings (SSSR count). The predicted octanol–water partition coefficient (Wildman–Crippen LogP) is 0.0472. The first-order valence-electron chi connectivity index (χ1n) is 7.83. The van der Waals surface area contributed by atoms with Gasteiger partial charge in [-0.15, -0.1) is 0 Å². The van der Waals surface area contributed by atoms with Crippen LogP contribution in [-0.4, -0.2) is 44.1 Å². The van der Waals surface area contributed by atoms with Gasteiger partial charge in [-0.1, -0.05) is 0 Å². The molecule has 1 amide bonds. The van der Waals surface area contributed by atoms with E-state index < -0.39 is 11.2 Å². The van der Waals surface area contributed by atoms with Crippen LogP contribution in [0, 0.1) is 13.8 Å². The van der Waals surface area contributed by atoms with Crippen molar-refractivity contribution in [2.45, 2.75) is 33.1 Å². The number of H-pyrrole nitrogens is 2. The van der Waals surface area contributed by atoms with Gasteiger partial charge in [-0.05, 0) is 32.3 Å². The Morgan fingerprint density at radius 1 is 1.33 bits per heavy atom. The van der Waals surface area contributed by atoms with Gasteiger partial charge in [0, 0.05) is 38.1 Å². The van der Waals surface area contributed by atoms with Crippen molar-refractivity contribution >= 4 is 5.91 Å². The van der Waals surface area contributed by atoms with E-state index in [-0.39, 0.29) is 17.9 Å². The summed E-state index contributed by atoms with van der Waals surface area (Å²) < 4.78 is 0.965. The molecule has 2 heterocycles. The first-order chi connectivity index (χ1) is 11.3. The van der Waals surface area contributed by atoms with Crippen molar-refractivity contribution in [3.05, 3.63) is 49.5 Å². The number of rotatable bonds is 6. The van der Waals surface area contributed by atoms with E-state index in [9.17, 15) is 14.4 Å². The third-order valence-electron chi connectivity index (χ3n) is 4.22. The molecule has 0 bridgehead atoms. The topological polar surface area (TPSA) is 104 Å². The van der Waals surface area contributed by atoms with Crippen LogP contribution in [0.3, 0.4) is 0 Å². The van der Waals surface area contributed by atoms with Gasteiger partial charge in [0.15, 0.2) is 0 Å². The molecule has 2 aromatic heterocycles. The van der Waals surface area contributed by atoms with Crippen LogP contribution in [0.25, 0.3) is 0 Å². The molecule has 0 unspecified atom stereocenters. The number of hydrogen-bond acceptors (Lipinski definition) is 4. The van der Waals surface area contributed by atoms with Gasteiger partial charge in [-0.2, -0.15) is 5.10 Å². The second-order valence-corrected chi connectivity index (χ2v) is 5.99. The van der Waals surface area contributed by atoms with E-state index in [0.717, 1.165) is 28.8 Å². The normalized spacial score (nSPS) is 10.8. The molecule has 0 spiro atoms. The lowest BCUT2D eigenvalue weighted by Crippen LogP contribution is -2.37. The molecule has 0 aliphatic carbocycles. The van der Waals surface area contributed by atoms with E-state index in [1.54, 1.807) is 11.9 Å². The fraction of sp³-hybridized carbons (Fsp3) is 0.500. The first-order valence-corrected chi connectivity index (χ1v) is 7.83. The lowest BCUT2D eigenvalue weighted by Gasteiger charge is -2.17. The van der Waals surface area contributed by atoms with Crippen LogP contribution in [0.1, 0.15) is 28.9 Å². The van der Waals surface area contributed by atoms with Crippen molar-refractivity contribution in [3.63, 3.8) is 0 Å². The standard InChI is InChI=1S/C16H23N5O3/c1-10-13(11(2)19-18-10)6-5-7-20(3)14(22)8-12-9-17-16(24)21(4)15(12)23/h9H,5-8H2,1-4H3,(H,17,24)(H,18,19). The number of aryl methyl sites for hydroxylation is 2. The Morgan fingerprint density at radius 3 is 2.67 bits per heavy atom. The molecule has 0 fully saturated rings. The maximum absolute atomic E-state index is 12.3. The van der Waals surface area contributed by atoms with Gasteiger partial charge in [0.25, 0.3) is 5.56 Å². The number of aromatic nitrogens is 4. The van der Waals surface area contributed by atoms with E-state index in [1.165, 1.54) is 18.8 Å². The third-order valence-corrected chi connectivity index (χ3v) is 4.22. The largest absolute Gasteiger partial charge is 0.345 e. The average Bonchev–Trinajstić information content (AvgIpc) is 2.87. The summed E-state index contributed by atoms with van der Waals surface area (Å²) in [5.41, 5.74) is 2.58. The fourth-order valence-corrected chi connectivity index (χ4v) is 2.60. The number of carbonyl (C=O) groups is 1. The van der Waals surface area contributed by atoms with Crippen molar-refractivity contribution in [3.8, 4) is 0 Å². The summed E-state index contributed by atoms with van der Waals surface area (Å²) in [5, 5.41) is 7.11. The van der Waals surface area contributed by atoms with Crippen LogP contribution >= 0.6 is 0 Å². The minimum atomic E-state index is -0.490. The van der Waals surface area contributed by atoms with Gasteiger partial charge in [0.1, 0.15) is 0 Å². The molecular formula is C16H23N5O3. The Balaban J connectivity index is 1.92. The zero-order valence-corrected chi connectivity index (χ0v) is 14.5. The van der Waals surface area contributed by atoms with Crippen LogP contribution < -0.4 is 11.2 Å². The first kappa shape index (κ1) is 17.7. The zero-order chi connectivity index (χ0) is 17.9. The highest BCUT2D eigenvalue weighted by Gasteiger charge is 2.14. The highest BCUT2D eigenvalue weighted by molar-refractivity contribution is 5.78. The predicted molar refractivity (Wildman–Crippen MR) is 90.0 cm³/mol. The molecule has 0 radical (unpaired) electrons. The zero-order valence-electron chi connectivity index (χ0n) is 14.5. The molecule has 0 aromatic carbocycles. The summed E-state index contributed by atoms with van der Waals surface area (Å²) in [6.07, 6.45) is 2.94. The molecule has 0 aliphatic heterocycles. The van der Waals surface area contributed by atoms with E-state index in [1.807, 2.05) is 13.8 Å². The van der Waals surface area contributed by atoms with Gasteiger partial charge in [-0.3, -0.25) is 19.3 Å². The Bertz CT molecular complexity index is 827. The smallest absolute Gasteiger partial charge is 0.328 e. The molecule has 8 heteroatoms. The lowest BCUT2D eigenvalue weighted by atomic mass is 10.1. The number of amides is 1. The average molecular weight is 333 g/mol. The van der Waals surface area contributed by atoms with Gasteiger partial charge >= 0.3 is 5.69 Å². The third kappa shape index (κ3) is 3.81. The highest BCUT2D eigenvalue weighted by atomic mass is 16.2. The van der Waals surface area contributed by atoms with Crippen LogP contribution in [0.2, 0.25) is 0 Å². The molecule has 2 aromatic rings. The minimum Gasteiger partial charge on any atom is -0.345 e. The van der Waals surface area contributed by atoms with Gasteiger partial charge in [-0.25, -0.2) is 4.79 Å². The molecule has 2 N–H and O–H groups in total. The number of hydrogen-bond donors (Lipinski definition) is 2. The summed E-state index contributed by atoms with van der Waals surface area (Å²) >= 11 is 0. The SMILES string of the molecule is Cc1n[nH]c(C)c1CCCN(C)C(=O)Cc1c[nH]c(=O)n(C)c1=O. The summed E-state index contributed by atoms with van der Waals surface area (Å²) in [6, 6.07) is 0. The molecule has 0 atom stereocenters. The van der Waals surface area contributed by atoms with Crippen molar-refractivity contribution in [2.24, 2.45) is 7.05 Å². The number of aromatic amines is 2. The molecule has 0 saturated carbocycles. The summed E-state index contributed by atoms with van der Waals surface area (Å²) in [7, 11) is 3.10. The Hall–Kier alpha value is -2.64. The van der Waals surface area contributed by atoms with Gasteiger partial charge in [0.2, 0.25) is 5.91 Å². The number of nitrogens with one attached hydrogen (secondary N) is 2. The molecule has 0 saturated heterocycles. The molecule has 24 heavy (non-hydrogen) atoms.